The average molecular weight is 325 g/mol. The van der Waals surface area contributed by atoms with Gasteiger partial charge in [0.1, 0.15) is 5.69 Å². The van der Waals surface area contributed by atoms with Gasteiger partial charge >= 0.3 is 6.18 Å². The summed E-state index contributed by atoms with van der Waals surface area (Å²) in [6, 6.07) is 8.93. The Labute approximate surface area is 129 Å². The quantitative estimate of drug-likeness (QED) is 0.937. The molecular formula is C15H14F3N3O2. The summed E-state index contributed by atoms with van der Waals surface area (Å²) in [7, 11) is 1.35. The Morgan fingerprint density at radius 2 is 1.87 bits per heavy atom. The standard InChI is InChI=1S/C15H14F3N3O2/c1-21-13(22)8-7-11(20-21)14(23)19-12(9-15(16,17)18)10-5-3-2-4-6-10/h2-8,12H,9H2,1H3,(H,19,23)/t12-/m1/s1. The zero-order chi connectivity index (χ0) is 17.0. The van der Waals surface area contributed by atoms with Crippen molar-refractivity contribution in [2.45, 2.75) is 18.6 Å². The first-order chi connectivity index (χ1) is 10.8. The average Bonchev–Trinajstić information content (AvgIpc) is 2.49. The molecule has 0 bridgehead atoms. The molecule has 0 saturated heterocycles. The Hall–Kier alpha value is -2.64. The van der Waals surface area contributed by atoms with E-state index in [2.05, 4.69) is 10.4 Å². The topological polar surface area (TPSA) is 64.0 Å². The number of aryl methyl sites for hydroxylation is 1. The largest absolute Gasteiger partial charge is 0.391 e. The smallest absolute Gasteiger partial charge is 0.343 e. The summed E-state index contributed by atoms with van der Waals surface area (Å²) in [4.78, 5) is 23.4. The number of benzene rings is 1. The third-order valence-corrected chi connectivity index (χ3v) is 3.14. The van der Waals surface area contributed by atoms with E-state index in [9.17, 15) is 22.8 Å². The van der Waals surface area contributed by atoms with Crippen LogP contribution in [0.1, 0.15) is 28.5 Å². The minimum atomic E-state index is -4.44. The van der Waals surface area contributed by atoms with Gasteiger partial charge in [0.05, 0.1) is 12.5 Å². The monoisotopic (exact) mass is 325 g/mol. The Balaban J connectivity index is 2.24. The minimum absolute atomic E-state index is 0.129. The molecule has 1 aromatic heterocycles. The van der Waals surface area contributed by atoms with E-state index in [1.165, 1.54) is 25.2 Å². The summed E-state index contributed by atoms with van der Waals surface area (Å²) in [5, 5.41) is 6.04. The zero-order valence-electron chi connectivity index (χ0n) is 12.2. The fourth-order valence-electron chi connectivity index (χ4n) is 2.02. The highest BCUT2D eigenvalue weighted by atomic mass is 19.4. The second-order valence-electron chi connectivity index (χ2n) is 4.94. The van der Waals surface area contributed by atoms with Gasteiger partial charge in [-0.05, 0) is 11.6 Å². The van der Waals surface area contributed by atoms with Gasteiger partial charge in [-0.25, -0.2) is 4.68 Å². The number of nitrogens with one attached hydrogen (secondary N) is 1. The van der Waals surface area contributed by atoms with Gasteiger partial charge in [-0.1, -0.05) is 30.3 Å². The fourth-order valence-corrected chi connectivity index (χ4v) is 2.02. The normalized spacial score (nSPS) is 12.7. The highest BCUT2D eigenvalue weighted by molar-refractivity contribution is 5.92. The SMILES string of the molecule is Cn1nc(C(=O)N[C@H](CC(F)(F)F)c2ccccc2)ccc1=O. The third-order valence-electron chi connectivity index (χ3n) is 3.14. The number of carbonyl (C=O) groups excluding carboxylic acids is 1. The molecule has 0 spiro atoms. The van der Waals surface area contributed by atoms with E-state index in [0.717, 1.165) is 10.7 Å². The second-order valence-corrected chi connectivity index (χ2v) is 4.94. The van der Waals surface area contributed by atoms with E-state index in [4.69, 9.17) is 0 Å². The summed E-state index contributed by atoms with van der Waals surface area (Å²) in [6.45, 7) is 0. The number of aromatic nitrogens is 2. The van der Waals surface area contributed by atoms with Crippen molar-refractivity contribution in [3.8, 4) is 0 Å². The lowest BCUT2D eigenvalue weighted by molar-refractivity contribution is -0.139. The second kappa shape index (κ2) is 6.64. The van der Waals surface area contributed by atoms with Gasteiger partial charge in [0.25, 0.3) is 11.5 Å². The van der Waals surface area contributed by atoms with Crippen LogP contribution in [-0.2, 0) is 7.05 Å². The Kier molecular flexibility index (Phi) is 4.83. The number of halogens is 3. The molecule has 1 amide bonds. The van der Waals surface area contributed by atoms with E-state index in [1.807, 2.05) is 0 Å². The first-order valence-corrected chi connectivity index (χ1v) is 6.73. The summed E-state index contributed by atoms with van der Waals surface area (Å²) in [5.74, 6) is -0.779. The number of hydrogen-bond donors (Lipinski definition) is 1. The van der Waals surface area contributed by atoms with Crippen molar-refractivity contribution in [1.29, 1.82) is 0 Å². The lowest BCUT2D eigenvalue weighted by Gasteiger charge is -2.20. The van der Waals surface area contributed by atoms with Crippen LogP contribution in [0.25, 0.3) is 0 Å². The molecule has 1 N–H and O–H groups in total. The Morgan fingerprint density at radius 3 is 2.43 bits per heavy atom. The van der Waals surface area contributed by atoms with Crippen LogP contribution >= 0.6 is 0 Å². The lowest BCUT2D eigenvalue weighted by atomic mass is 10.0. The van der Waals surface area contributed by atoms with Crippen LogP contribution in [0.5, 0.6) is 0 Å². The molecular weight excluding hydrogens is 311 g/mol. The van der Waals surface area contributed by atoms with Crippen LogP contribution in [-0.4, -0.2) is 21.9 Å². The molecule has 0 saturated carbocycles. The summed E-state index contributed by atoms with van der Waals surface area (Å²) < 4.78 is 39.2. The van der Waals surface area contributed by atoms with Crippen molar-refractivity contribution in [1.82, 2.24) is 15.1 Å². The van der Waals surface area contributed by atoms with Crippen molar-refractivity contribution in [3.05, 3.63) is 64.1 Å². The predicted molar refractivity (Wildman–Crippen MR) is 76.8 cm³/mol. The van der Waals surface area contributed by atoms with Gasteiger partial charge in [-0.15, -0.1) is 0 Å². The minimum Gasteiger partial charge on any atom is -0.343 e. The lowest BCUT2D eigenvalue weighted by Crippen LogP contribution is -2.33. The number of carbonyl (C=O) groups is 1. The van der Waals surface area contributed by atoms with E-state index in [1.54, 1.807) is 18.2 Å². The van der Waals surface area contributed by atoms with Gasteiger partial charge < -0.3 is 5.32 Å². The van der Waals surface area contributed by atoms with Crippen molar-refractivity contribution in [3.63, 3.8) is 0 Å². The third kappa shape index (κ3) is 4.67. The van der Waals surface area contributed by atoms with Crippen molar-refractivity contribution in [2.75, 3.05) is 0 Å². The summed E-state index contributed by atoms with van der Waals surface area (Å²) in [5.41, 5.74) is -0.213. The van der Waals surface area contributed by atoms with Gasteiger partial charge in [0, 0.05) is 13.1 Å². The molecule has 0 radical (unpaired) electrons. The van der Waals surface area contributed by atoms with E-state index < -0.39 is 30.1 Å². The molecule has 23 heavy (non-hydrogen) atoms. The molecule has 1 aromatic carbocycles. The Bertz CT molecular complexity index is 742. The molecule has 1 atom stereocenters. The number of alkyl halides is 3. The molecule has 8 heteroatoms. The number of rotatable bonds is 4. The van der Waals surface area contributed by atoms with Crippen LogP contribution in [0, 0.1) is 0 Å². The Morgan fingerprint density at radius 1 is 1.22 bits per heavy atom. The molecule has 0 aliphatic carbocycles. The molecule has 2 rings (SSSR count). The highest BCUT2D eigenvalue weighted by Gasteiger charge is 2.33. The molecule has 0 unspecified atom stereocenters. The van der Waals surface area contributed by atoms with Gasteiger partial charge in [0.15, 0.2) is 0 Å². The maximum atomic E-state index is 12.7. The van der Waals surface area contributed by atoms with E-state index in [-0.39, 0.29) is 5.69 Å². The maximum Gasteiger partial charge on any atom is 0.391 e. The van der Waals surface area contributed by atoms with Gasteiger partial charge in [-0.2, -0.15) is 18.3 Å². The first kappa shape index (κ1) is 16.7. The summed E-state index contributed by atoms with van der Waals surface area (Å²) >= 11 is 0. The van der Waals surface area contributed by atoms with Crippen LogP contribution in [0.2, 0.25) is 0 Å². The highest BCUT2D eigenvalue weighted by Crippen LogP contribution is 2.29. The first-order valence-electron chi connectivity index (χ1n) is 6.73. The molecule has 0 fully saturated rings. The number of nitrogens with zero attached hydrogens (tertiary/aromatic N) is 2. The van der Waals surface area contributed by atoms with Crippen molar-refractivity contribution < 1.29 is 18.0 Å². The van der Waals surface area contributed by atoms with Crippen LogP contribution < -0.4 is 10.9 Å². The van der Waals surface area contributed by atoms with Crippen LogP contribution in [0.15, 0.2) is 47.3 Å². The van der Waals surface area contributed by atoms with E-state index in [0.29, 0.717) is 5.56 Å². The van der Waals surface area contributed by atoms with Crippen molar-refractivity contribution >= 4 is 5.91 Å². The zero-order valence-corrected chi connectivity index (χ0v) is 12.2. The molecule has 0 aliphatic rings. The number of hydrogen-bond acceptors (Lipinski definition) is 3. The molecule has 1 heterocycles. The van der Waals surface area contributed by atoms with Gasteiger partial charge in [0.2, 0.25) is 0 Å². The molecule has 2 aromatic rings. The fraction of sp³-hybridized carbons (Fsp3) is 0.267. The van der Waals surface area contributed by atoms with Crippen molar-refractivity contribution in [2.24, 2.45) is 7.05 Å². The van der Waals surface area contributed by atoms with E-state index >= 15 is 0 Å². The van der Waals surface area contributed by atoms with Crippen LogP contribution in [0.4, 0.5) is 13.2 Å². The van der Waals surface area contributed by atoms with Gasteiger partial charge in [-0.3, -0.25) is 9.59 Å². The molecule has 0 aliphatic heterocycles. The predicted octanol–water partition coefficient (Wildman–Crippen LogP) is 2.20. The molecule has 122 valence electrons. The van der Waals surface area contributed by atoms with Crippen LogP contribution in [0.3, 0.4) is 0 Å². The summed E-state index contributed by atoms with van der Waals surface area (Å²) in [6.07, 6.45) is -5.64. The molecule has 5 nitrogen and oxygen atoms in total. The maximum absolute atomic E-state index is 12.7. The number of amides is 1.